The number of hydrogen-bond donors (Lipinski definition) is 0. The monoisotopic (exact) mass is 429 g/mol. The number of piperidine rings is 1. The smallest absolute Gasteiger partial charge is 0.256 e. The van der Waals surface area contributed by atoms with Crippen LogP contribution in [0.5, 0.6) is 5.88 Å². The van der Waals surface area contributed by atoms with Crippen LogP contribution in [-0.2, 0) is 0 Å². The van der Waals surface area contributed by atoms with Crippen LogP contribution in [0.2, 0.25) is 5.02 Å². The molecule has 30 heavy (non-hydrogen) atoms. The summed E-state index contributed by atoms with van der Waals surface area (Å²) >= 11 is 5.88. The van der Waals surface area contributed by atoms with Gasteiger partial charge in [-0.3, -0.25) is 4.79 Å². The summed E-state index contributed by atoms with van der Waals surface area (Å²) in [5, 5.41) is 8.39. The first-order valence-corrected chi connectivity index (χ1v) is 9.93. The minimum Gasteiger partial charge on any atom is -0.472 e. The van der Waals surface area contributed by atoms with Gasteiger partial charge in [-0.25, -0.2) is 9.37 Å². The van der Waals surface area contributed by atoms with Gasteiger partial charge in [0.1, 0.15) is 11.8 Å². The molecule has 1 aromatic carbocycles. The second kappa shape index (κ2) is 7.36. The predicted octanol–water partition coefficient (Wildman–Crippen LogP) is 3.53. The van der Waals surface area contributed by atoms with E-state index in [1.165, 1.54) is 36.8 Å². The Hall–Kier alpha value is -3.00. The number of carbonyl (C=O) groups excluding carboxylic acids is 1. The number of rotatable bonds is 4. The molecule has 1 saturated carbocycles. The van der Waals surface area contributed by atoms with Gasteiger partial charge in [0.15, 0.2) is 5.82 Å². The number of halogens is 2. The Kier molecular flexibility index (Phi) is 4.11. The van der Waals surface area contributed by atoms with Crippen molar-refractivity contribution < 1.29 is 16.7 Å². The van der Waals surface area contributed by atoms with Gasteiger partial charge in [-0.05, 0) is 43.8 Å². The zero-order chi connectivity index (χ0) is 22.6. The topological polar surface area (TPSA) is 73.1 Å². The molecule has 5 rings (SSSR count). The van der Waals surface area contributed by atoms with Crippen molar-refractivity contribution in [3.05, 3.63) is 65.3 Å². The van der Waals surface area contributed by atoms with E-state index in [1.54, 1.807) is 17.0 Å². The summed E-state index contributed by atoms with van der Waals surface area (Å²) in [7, 11) is 0. The van der Waals surface area contributed by atoms with Crippen molar-refractivity contribution in [2.24, 2.45) is 5.92 Å². The highest BCUT2D eigenvalue weighted by atomic mass is 35.5. The molecule has 1 amide bonds. The zero-order valence-electron chi connectivity index (χ0n) is 17.9. The van der Waals surface area contributed by atoms with Crippen LogP contribution in [0.3, 0.4) is 0 Å². The summed E-state index contributed by atoms with van der Waals surface area (Å²) in [5.41, 5.74) is 0.0573. The number of carbonyl (C=O) groups is 1. The van der Waals surface area contributed by atoms with E-state index >= 15 is 0 Å². The number of benzene rings is 1. The number of hydrogen-bond acceptors (Lipinski definition) is 5. The molecule has 1 aliphatic carbocycles. The number of amides is 1. The molecular weight excluding hydrogens is 409 g/mol. The van der Waals surface area contributed by atoms with Crippen molar-refractivity contribution in [2.45, 2.75) is 37.9 Å². The first-order chi connectivity index (χ1) is 15.3. The molecule has 2 aromatic heterocycles. The SMILES string of the molecule is [2H]C1([2H])[C@H]2C[C@@H]([C@@H]1Oc1ccc(Cl)cn1)N(C(=O)c1cccc(F)c1-n1nccn1)[C@@H]2C. The third-order valence-electron chi connectivity index (χ3n) is 5.62. The van der Waals surface area contributed by atoms with Crippen LogP contribution in [0.15, 0.2) is 48.9 Å². The molecule has 154 valence electrons. The molecule has 4 atom stereocenters. The average molecular weight is 430 g/mol. The molecule has 0 unspecified atom stereocenters. The number of para-hydroxylation sites is 1. The second-order valence-corrected chi connectivity index (χ2v) is 7.77. The standard InChI is InChI=1S/C21H19ClFN5O2/c1-12-13-9-17(18(10-13)30-19-6-5-14(22)11-24-19)27(12)21(29)15-3-2-4-16(23)20(15)28-25-7-8-26-28/h2-8,11-13,17-18H,9-10H2,1H3/t12-,13-,17+,18-/m1/s1/i10D2. The Morgan fingerprint density at radius 1 is 1.30 bits per heavy atom. The first-order valence-electron chi connectivity index (χ1n) is 10.5. The normalized spacial score (nSPS) is 27.6. The van der Waals surface area contributed by atoms with E-state index in [1.807, 2.05) is 6.92 Å². The Morgan fingerprint density at radius 3 is 2.80 bits per heavy atom. The van der Waals surface area contributed by atoms with E-state index in [4.69, 9.17) is 19.1 Å². The van der Waals surface area contributed by atoms with E-state index in [2.05, 4.69) is 15.2 Å². The van der Waals surface area contributed by atoms with E-state index < -0.39 is 42.2 Å². The van der Waals surface area contributed by atoms with Crippen molar-refractivity contribution in [3.63, 3.8) is 0 Å². The lowest BCUT2D eigenvalue weighted by Crippen LogP contribution is -2.51. The molecule has 7 nitrogen and oxygen atoms in total. The van der Waals surface area contributed by atoms with Gasteiger partial charge >= 0.3 is 0 Å². The Balaban J connectivity index is 1.50. The first kappa shape index (κ1) is 16.8. The maximum Gasteiger partial charge on any atom is 0.256 e. The fraction of sp³-hybridized carbons (Fsp3) is 0.333. The molecule has 0 radical (unpaired) electrons. The predicted molar refractivity (Wildman–Crippen MR) is 107 cm³/mol. The highest BCUT2D eigenvalue weighted by Gasteiger charge is 2.53. The Labute approximate surface area is 180 Å². The number of likely N-dealkylation sites (tertiary alicyclic amines) is 1. The molecule has 2 fully saturated rings. The summed E-state index contributed by atoms with van der Waals surface area (Å²) in [6.45, 7) is 1.81. The number of fused-ring (bicyclic) bond motifs is 2. The van der Waals surface area contributed by atoms with Gasteiger partial charge in [0.05, 0.1) is 29.0 Å². The van der Waals surface area contributed by atoms with Crippen molar-refractivity contribution in [1.82, 2.24) is 24.9 Å². The zero-order valence-corrected chi connectivity index (χ0v) is 16.7. The molecular formula is C21H19ClFN5O2. The fourth-order valence-electron chi connectivity index (χ4n) is 4.24. The number of ether oxygens (including phenoxy) is 1. The number of pyridine rings is 1. The summed E-state index contributed by atoms with van der Waals surface area (Å²) in [6.07, 6.45) is 2.05. The summed E-state index contributed by atoms with van der Waals surface area (Å²) in [5.74, 6) is -1.26. The van der Waals surface area contributed by atoms with Crippen molar-refractivity contribution >= 4 is 17.5 Å². The minimum absolute atomic E-state index is 0.0441. The molecule has 1 saturated heterocycles. The number of aromatic nitrogens is 4. The molecule has 2 bridgehead atoms. The highest BCUT2D eigenvalue weighted by Crippen LogP contribution is 2.44. The van der Waals surface area contributed by atoms with Crippen molar-refractivity contribution in [2.75, 3.05) is 0 Å². The van der Waals surface area contributed by atoms with Gasteiger partial charge in [0.25, 0.3) is 5.91 Å². The van der Waals surface area contributed by atoms with Gasteiger partial charge < -0.3 is 9.64 Å². The fourth-order valence-corrected chi connectivity index (χ4v) is 4.35. The van der Waals surface area contributed by atoms with Crippen LogP contribution in [0.4, 0.5) is 4.39 Å². The number of nitrogens with zero attached hydrogens (tertiary/aromatic N) is 5. The van der Waals surface area contributed by atoms with E-state index in [0.717, 1.165) is 4.80 Å². The molecule has 3 aromatic rings. The van der Waals surface area contributed by atoms with E-state index in [-0.39, 0.29) is 17.1 Å². The lowest BCUT2D eigenvalue weighted by Gasteiger charge is -2.38. The van der Waals surface area contributed by atoms with Crippen LogP contribution in [0.1, 0.15) is 32.8 Å². The summed E-state index contributed by atoms with van der Waals surface area (Å²) in [4.78, 5) is 20.4. The molecule has 9 heteroatoms. The van der Waals surface area contributed by atoms with Crippen molar-refractivity contribution in [3.8, 4) is 11.6 Å². The third kappa shape index (κ3) is 3.11. The summed E-state index contributed by atoms with van der Waals surface area (Å²) < 4.78 is 37.9. The molecule has 3 heterocycles. The quantitative estimate of drug-likeness (QED) is 0.634. The highest BCUT2D eigenvalue weighted by molar-refractivity contribution is 6.30. The average Bonchev–Trinajstić information content (AvgIpc) is 3.45. The van der Waals surface area contributed by atoms with Gasteiger partial charge in [-0.2, -0.15) is 10.2 Å². The minimum atomic E-state index is -1.67. The van der Waals surface area contributed by atoms with Gasteiger partial charge in [-0.15, -0.1) is 4.80 Å². The maximum atomic E-state index is 14.7. The van der Waals surface area contributed by atoms with Gasteiger partial charge in [0, 0.05) is 21.0 Å². The largest absolute Gasteiger partial charge is 0.472 e. The van der Waals surface area contributed by atoms with E-state index in [0.29, 0.717) is 11.4 Å². The third-order valence-corrected chi connectivity index (χ3v) is 5.84. The molecule has 1 aliphatic heterocycles. The van der Waals surface area contributed by atoms with Crippen LogP contribution in [0, 0.1) is 11.7 Å². The maximum absolute atomic E-state index is 14.7. The van der Waals surface area contributed by atoms with Crippen LogP contribution in [0.25, 0.3) is 5.69 Å². The lowest BCUT2D eigenvalue weighted by atomic mass is 9.98. The van der Waals surface area contributed by atoms with Gasteiger partial charge in [-0.1, -0.05) is 17.7 Å². The Bertz CT molecular complexity index is 1160. The van der Waals surface area contributed by atoms with Crippen molar-refractivity contribution in [1.29, 1.82) is 0 Å². The van der Waals surface area contributed by atoms with E-state index in [9.17, 15) is 9.18 Å². The Morgan fingerprint density at radius 2 is 2.10 bits per heavy atom. The second-order valence-electron chi connectivity index (χ2n) is 7.34. The summed E-state index contributed by atoms with van der Waals surface area (Å²) in [6, 6.07) is 6.45. The van der Waals surface area contributed by atoms with Gasteiger partial charge in [0.2, 0.25) is 5.88 Å². The van der Waals surface area contributed by atoms with Crippen LogP contribution < -0.4 is 4.74 Å². The van der Waals surface area contributed by atoms with Crippen LogP contribution in [-0.4, -0.2) is 49.0 Å². The molecule has 2 aliphatic rings. The molecule has 0 N–H and O–H groups in total. The lowest BCUT2D eigenvalue weighted by molar-refractivity contribution is 0.0313. The van der Waals surface area contributed by atoms with Crippen LogP contribution >= 0.6 is 11.6 Å². The molecule has 0 spiro atoms.